The minimum atomic E-state index is -0.121. The van der Waals surface area contributed by atoms with E-state index in [-0.39, 0.29) is 5.41 Å². The lowest BCUT2D eigenvalue weighted by Crippen LogP contribution is -2.32. The molecule has 0 amide bonds. The van der Waals surface area contributed by atoms with Gasteiger partial charge in [-0.2, -0.15) is 9.13 Å². The first kappa shape index (κ1) is 19.6. The normalized spacial score (nSPS) is 13.4. The number of aromatic nitrogens is 3. The van der Waals surface area contributed by atoms with Crippen molar-refractivity contribution in [1.82, 2.24) is 4.98 Å². The fourth-order valence-electron chi connectivity index (χ4n) is 4.81. The molecule has 158 valence electrons. The highest BCUT2D eigenvalue weighted by Crippen LogP contribution is 2.47. The molecule has 0 saturated heterocycles. The van der Waals surface area contributed by atoms with Crippen molar-refractivity contribution in [1.29, 1.82) is 0 Å². The monoisotopic (exact) mass is 427 g/mol. The number of pyridine rings is 3. The second-order valence-electron chi connectivity index (χ2n) is 9.09. The first-order chi connectivity index (χ1) is 16.1. The van der Waals surface area contributed by atoms with Crippen LogP contribution >= 0.6 is 0 Å². The minimum Gasteiger partial charge on any atom is -0.255 e. The molecule has 3 heterocycles. The van der Waals surface area contributed by atoms with E-state index in [1.807, 2.05) is 18.3 Å². The lowest BCUT2D eigenvalue weighted by Gasteiger charge is -2.20. The molecule has 0 aliphatic heterocycles. The number of hydrogen-bond donors (Lipinski definition) is 0. The van der Waals surface area contributed by atoms with Crippen LogP contribution < -0.4 is 9.13 Å². The molecule has 2 aromatic carbocycles. The summed E-state index contributed by atoms with van der Waals surface area (Å²) < 4.78 is 4.33. The molecule has 0 unspecified atom stereocenters. The summed E-state index contributed by atoms with van der Waals surface area (Å²) in [6.07, 6.45) is 10.6. The fourth-order valence-corrected chi connectivity index (χ4v) is 4.81. The molecule has 0 fully saturated rings. The molecule has 0 radical (unpaired) electrons. The second kappa shape index (κ2) is 7.49. The summed E-state index contributed by atoms with van der Waals surface area (Å²) >= 11 is 0. The third-order valence-corrected chi connectivity index (χ3v) is 6.72. The Morgan fingerprint density at radius 1 is 0.636 bits per heavy atom. The lowest BCUT2D eigenvalue weighted by molar-refractivity contribution is -0.596. The van der Waals surface area contributed by atoms with Crippen molar-refractivity contribution in [3.63, 3.8) is 0 Å². The third-order valence-electron chi connectivity index (χ3n) is 6.72. The lowest BCUT2D eigenvalue weighted by atomic mass is 9.83. The molecule has 0 spiro atoms. The Morgan fingerprint density at radius 3 is 1.91 bits per heavy atom. The highest BCUT2D eigenvalue weighted by molar-refractivity contribution is 5.79. The number of para-hydroxylation sites is 2. The summed E-state index contributed by atoms with van der Waals surface area (Å²) in [5.41, 5.74) is 9.41. The van der Waals surface area contributed by atoms with Gasteiger partial charge in [0.1, 0.15) is 0 Å². The Bertz CT molecular complexity index is 1450. The molecular formula is C30H25N3+2. The van der Waals surface area contributed by atoms with E-state index >= 15 is 0 Å². The van der Waals surface area contributed by atoms with E-state index in [1.165, 1.54) is 22.3 Å². The van der Waals surface area contributed by atoms with Gasteiger partial charge >= 0.3 is 0 Å². The van der Waals surface area contributed by atoms with Gasteiger partial charge < -0.3 is 0 Å². The van der Waals surface area contributed by atoms with E-state index in [0.29, 0.717) is 0 Å². The van der Waals surface area contributed by atoms with Gasteiger partial charge in [0, 0.05) is 70.8 Å². The van der Waals surface area contributed by atoms with E-state index in [1.54, 1.807) is 0 Å². The third kappa shape index (κ3) is 3.25. The van der Waals surface area contributed by atoms with Crippen molar-refractivity contribution in [2.75, 3.05) is 0 Å². The zero-order valence-corrected chi connectivity index (χ0v) is 18.8. The Balaban J connectivity index is 1.38. The van der Waals surface area contributed by atoms with Crippen molar-refractivity contribution in [2.45, 2.75) is 19.3 Å². The van der Waals surface area contributed by atoms with Crippen LogP contribution in [-0.2, 0) is 5.41 Å². The zero-order chi connectivity index (χ0) is 22.4. The molecule has 0 saturated carbocycles. The van der Waals surface area contributed by atoms with Gasteiger partial charge in [0.25, 0.3) is 0 Å². The molecule has 3 nitrogen and oxygen atoms in total. The van der Waals surface area contributed by atoms with Crippen molar-refractivity contribution < 1.29 is 9.13 Å². The number of hydrogen-bond acceptors (Lipinski definition) is 1. The maximum atomic E-state index is 4.94. The van der Waals surface area contributed by atoms with Crippen LogP contribution in [0.2, 0.25) is 0 Å². The van der Waals surface area contributed by atoms with Gasteiger partial charge in [0.15, 0.2) is 24.8 Å². The topological polar surface area (TPSA) is 20.6 Å². The van der Waals surface area contributed by atoms with E-state index in [4.69, 9.17) is 4.98 Å². The predicted molar refractivity (Wildman–Crippen MR) is 130 cm³/mol. The number of nitrogens with zero attached hydrogens (tertiary/aromatic N) is 3. The fraction of sp³-hybridized carbons (Fsp3) is 0.100. The van der Waals surface area contributed by atoms with Crippen molar-refractivity contribution in [3.05, 3.63) is 127 Å². The molecule has 0 N–H and O–H groups in total. The Morgan fingerprint density at radius 2 is 1.24 bits per heavy atom. The number of fused-ring (bicyclic) bond motifs is 3. The van der Waals surface area contributed by atoms with Gasteiger partial charge in [-0.1, -0.05) is 50.2 Å². The average Bonchev–Trinajstić information content (AvgIpc) is 3.11. The summed E-state index contributed by atoms with van der Waals surface area (Å²) in [4.78, 5) is 4.94. The van der Waals surface area contributed by atoms with Crippen molar-refractivity contribution >= 4 is 0 Å². The molecule has 3 aromatic heterocycles. The van der Waals surface area contributed by atoms with E-state index in [9.17, 15) is 0 Å². The molecule has 5 aromatic rings. The minimum absolute atomic E-state index is 0.121. The summed E-state index contributed by atoms with van der Waals surface area (Å²) in [7, 11) is 0. The van der Waals surface area contributed by atoms with E-state index in [0.717, 1.165) is 22.6 Å². The maximum absolute atomic E-state index is 4.94. The first-order valence-electron chi connectivity index (χ1n) is 11.3. The first-order valence-corrected chi connectivity index (χ1v) is 11.3. The predicted octanol–water partition coefficient (Wildman–Crippen LogP) is 5.61. The van der Waals surface area contributed by atoms with Crippen LogP contribution in [0.1, 0.15) is 25.0 Å². The van der Waals surface area contributed by atoms with Crippen LogP contribution in [-0.4, -0.2) is 4.98 Å². The van der Waals surface area contributed by atoms with Crippen LogP contribution in [0.3, 0.4) is 0 Å². The highest BCUT2D eigenvalue weighted by Gasteiger charge is 2.39. The zero-order valence-electron chi connectivity index (χ0n) is 18.8. The van der Waals surface area contributed by atoms with Gasteiger partial charge in [-0.05, 0) is 17.2 Å². The summed E-state index contributed by atoms with van der Waals surface area (Å²) in [6.45, 7) is 4.60. The van der Waals surface area contributed by atoms with Crippen molar-refractivity contribution in [2.24, 2.45) is 0 Å². The van der Waals surface area contributed by atoms with Crippen molar-refractivity contribution in [3.8, 4) is 33.8 Å². The van der Waals surface area contributed by atoms with Crippen LogP contribution in [0.15, 0.2) is 116 Å². The summed E-state index contributed by atoms with van der Waals surface area (Å²) in [6, 6.07) is 29.7. The van der Waals surface area contributed by atoms with Crippen LogP contribution in [0, 0.1) is 0 Å². The molecule has 33 heavy (non-hydrogen) atoms. The van der Waals surface area contributed by atoms with Gasteiger partial charge in [0.2, 0.25) is 11.4 Å². The molecule has 3 heteroatoms. The Hall–Kier alpha value is -4.11. The van der Waals surface area contributed by atoms with Gasteiger partial charge in [-0.25, -0.2) is 0 Å². The quantitative estimate of drug-likeness (QED) is 0.343. The van der Waals surface area contributed by atoms with Gasteiger partial charge in [-0.15, -0.1) is 0 Å². The number of rotatable bonds is 3. The molecular weight excluding hydrogens is 402 g/mol. The summed E-state index contributed by atoms with van der Waals surface area (Å²) in [5.74, 6) is 0. The largest absolute Gasteiger partial charge is 0.255 e. The van der Waals surface area contributed by atoms with Gasteiger partial charge in [0.05, 0.1) is 5.69 Å². The summed E-state index contributed by atoms with van der Waals surface area (Å²) in [5, 5.41) is 0. The molecule has 0 atom stereocenters. The average molecular weight is 428 g/mol. The molecule has 0 bridgehead atoms. The maximum Gasteiger partial charge on any atom is 0.210 e. The Kier molecular flexibility index (Phi) is 4.44. The smallest absolute Gasteiger partial charge is 0.210 e. The van der Waals surface area contributed by atoms with E-state index < -0.39 is 0 Å². The molecule has 1 aliphatic rings. The number of benzene rings is 2. The van der Waals surface area contributed by atoms with E-state index in [2.05, 4.69) is 121 Å². The van der Waals surface area contributed by atoms with Gasteiger partial charge in [-0.3, -0.25) is 4.98 Å². The van der Waals surface area contributed by atoms with Crippen LogP contribution in [0.5, 0.6) is 0 Å². The van der Waals surface area contributed by atoms with Crippen LogP contribution in [0.25, 0.3) is 33.8 Å². The Labute approximate surface area is 194 Å². The standard InChI is InChI=1S/C30H25N3/c1-30(2)27-19-23(22-13-16-32(17-14-22)24-9-5-3-6-10-24)20-31-29(27)26-15-18-33(21-28(26)30)25-11-7-4-8-12-25/h3-21H,1-2H3/q+2. The molecule has 1 aliphatic carbocycles. The second-order valence-corrected chi connectivity index (χ2v) is 9.09. The highest BCUT2D eigenvalue weighted by atomic mass is 14.9. The van der Waals surface area contributed by atoms with Crippen LogP contribution in [0.4, 0.5) is 0 Å². The molecule has 6 rings (SSSR count). The SMILES string of the molecule is CC1(C)c2c[n+](-c3ccccc3)ccc2-c2ncc(-c3cc[n+](-c4ccccc4)cc3)cc21.